The second-order valence-electron chi connectivity index (χ2n) is 24.7. The van der Waals surface area contributed by atoms with Gasteiger partial charge < -0.3 is 89.7 Å². The van der Waals surface area contributed by atoms with Crippen LogP contribution in [0.3, 0.4) is 0 Å². The summed E-state index contributed by atoms with van der Waals surface area (Å²) in [6, 6.07) is -0.734. The van der Waals surface area contributed by atoms with Gasteiger partial charge in [-0.25, -0.2) is 29.6 Å². The average molecular weight is 1410 g/mol. The van der Waals surface area contributed by atoms with Gasteiger partial charge in [-0.05, 0) is 83.1 Å². The van der Waals surface area contributed by atoms with Gasteiger partial charge in [0.15, 0.2) is 35.6 Å². The summed E-state index contributed by atoms with van der Waals surface area (Å²) in [5.41, 5.74) is -5.43. The molecule has 0 unspecified atom stereocenters. The molecular weight excluding hydrogens is 1330 g/mol. The molecule has 37 nitrogen and oxygen atoms in total. The highest BCUT2D eigenvalue weighted by molar-refractivity contribution is 6.04. The maximum Gasteiger partial charge on any atom is 0.331 e. The van der Waals surface area contributed by atoms with Crippen LogP contribution in [-0.2, 0) is 71.7 Å². The van der Waals surface area contributed by atoms with E-state index in [0.717, 1.165) is 84.9 Å². The monoisotopic (exact) mass is 1410 g/mol. The fourth-order valence-corrected chi connectivity index (χ4v) is 11.1. The number of carbonyl (C=O) groups is 13. The number of aliphatic hydroxyl groups is 2. The standard InChI is InChI=1S/C64H80N14O23/c1-13-98-43-18-20-67-77-51(43)57(88)65-26-45(82)73(7)28-47(84)75(9)54(64(5,6)95)62(93)100-31-40(72-56(87)50-42(81)25-34-23-36(97-12)15-17-38(34)70-50)60(91)78-52(44(19-21-68-78)101-32(2)79)58(89)66-27-46(83)74(8)29-48(85)76(10)53(63(3,4)94)61(92)99-30-39(59(77)90)71-55(86)49-41(80)24-33-22-35(96-11)14-16-37(33)69-49/h14-17,20-25,39-40,43-44,51-54,80-81,94-95H,13,18-19,26-31H2,1-12H3,(H,65,88)(H,66,89)(H,71,86)(H,72,87)/t39-,40-,43+,44+,51+,52+,53-,54-/m1/s1. The van der Waals surface area contributed by atoms with E-state index in [1.165, 1.54) is 62.9 Å². The Bertz CT molecular complexity index is 3970. The van der Waals surface area contributed by atoms with Gasteiger partial charge in [-0.1, -0.05) is 0 Å². The number of nitrogens with one attached hydrogen (secondary N) is 4. The van der Waals surface area contributed by atoms with Gasteiger partial charge >= 0.3 is 17.9 Å². The normalized spacial score (nSPS) is 22.8. The van der Waals surface area contributed by atoms with Gasteiger partial charge in [0.2, 0.25) is 35.4 Å². The summed E-state index contributed by atoms with van der Waals surface area (Å²) >= 11 is 0. The Morgan fingerprint density at radius 2 is 0.980 bits per heavy atom. The van der Waals surface area contributed by atoms with Crippen LogP contribution >= 0.6 is 0 Å². The Labute approximate surface area is 577 Å². The first kappa shape index (κ1) is 77.1. The number of aromatic nitrogens is 2. The largest absolute Gasteiger partial charge is 0.505 e. The Hall–Kier alpha value is -11.2. The molecule has 8 N–H and O–H groups in total. The number of ether oxygens (including phenoxy) is 6. The highest BCUT2D eigenvalue weighted by Gasteiger charge is 2.48. The first-order chi connectivity index (χ1) is 47.5. The Balaban J connectivity index is 1.26. The highest BCUT2D eigenvalue weighted by Crippen LogP contribution is 2.29. The maximum atomic E-state index is 15.1. The first-order valence-corrected chi connectivity index (χ1v) is 31.3. The number of rotatable bonds is 11. The van der Waals surface area contributed by atoms with Crippen LogP contribution in [0.5, 0.6) is 23.0 Å². The molecule has 5 heterocycles. The van der Waals surface area contributed by atoms with E-state index in [2.05, 4.69) is 41.4 Å². The predicted octanol–water partition coefficient (Wildman–Crippen LogP) is -2.94. The molecule has 101 heavy (non-hydrogen) atoms. The van der Waals surface area contributed by atoms with Crippen LogP contribution in [0.2, 0.25) is 0 Å². The van der Waals surface area contributed by atoms with Crippen molar-refractivity contribution in [1.82, 2.24) is 60.9 Å². The van der Waals surface area contributed by atoms with E-state index in [4.69, 9.17) is 28.4 Å². The van der Waals surface area contributed by atoms with E-state index in [-0.39, 0.29) is 30.5 Å². The number of hydrogen-bond acceptors (Lipinski definition) is 27. The molecule has 0 aliphatic carbocycles. The van der Waals surface area contributed by atoms with E-state index in [1.54, 1.807) is 6.92 Å². The van der Waals surface area contributed by atoms with Crippen LogP contribution in [0.15, 0.2) is 58.7 Å². The average Bonchev–Trinajstić information content (AvgIpc) is 0.805. The van der Waals surface area contributed by atoms with Gasteiger partial charge in [-0.15, -0.1) is 0 Å². The van der Waals surface area contributed by atoms with Gasteiger partial charge in [-0.2, -0.15) is 10.2 Å². The van der Waals surface area contributed by atoms with E-state index in [1.807, 2.05) is 0 Å². The highest BCUT2D eigenvalue weighted by atomic mass is 16.6. The molecule has 2 aromatic carbocycles. The molecule has 4 aromatic rings. The van der Waals surface area contributed by atoms with Crippen LogP contribution in [0, 0.1) is 0 Å². The zero-order valence-corrected chi connectivity index (χ0v) is 57.3. The number of nitrogens with zero attached hydrogens (tertiary/aromatic N) is 10. The lowest BCUT2D eigenvalue weighted by molar-refractivity contribution is -0.167. The van der Waals surface area contributed by atoms with Gasteiger partial charge in [-0.3, -0.25) is 52.7 Å². The van der Waals surface area contributed by atoms with Crippen molar-refractivity contribution in [1.29, 1.82) is 0 Å². The fourth-order valence-electron chi connectivity index (χ4n) is 11.1. The maximum absolute atomic E-state index is 15.1. The molecule has 2 aromatic heterocycles. The molecule has 7 rings (SSSR count). The number of carbonyl (C=O) groups excluding carboxylic acids is 13. The quantitative estimate of drug-likeness (QED) is 0.0550. The van der Waals surface area contributed by atoms with Crippen molar-refractivity contribution in [2.45, 2.75) is 114 Å². The third kappa shape index (κ3) is 18.6. The van der Waals surface area contributed by atoms with Crippen molar-refractivity contribution in [2.75, 3.05) is 88.4 Å². The number of likely N-dealkylation sites (N-methyl/N-ethyl adjacent to an activating group) is 4. The molecule has 1 saturated heterocycles. The molecule has 37 heteroatoms. The van der Waals surface area contributed by atoms with Gasteiger partial charge in [0.1, 0.15) is 54.4 Å². The SMILES string of the molecule is CCO[C@H]1CC=NN2C(=O)[C@H](NC(=O)c3nc4ccc(OC)cc4cc3O)COC(=O)[C@H](C(C)(C)O)N(C)C(=O)CN(C)C(=O)CNC(=O)[C@@H]3[C@@H](OC(C)=O)CC=NN3C(=O)[C@H](NC(=O)c3nc4ccc(OC)cc4cc3O)COC(=O)[C@H](C(C)(C)O)N(C)C(=O)CN(C)C(=O)CNC(=O)[C@H]12. The number of hydrazone groups is 2. The minimum absolute atomic E-state index is 0.0583. The zero-order chi connectivity index (χ0) is 74.7. The second kappa shape index (κ2) is 32.6. The van der Waals surface area contributed by atoms with Crippen molar-refractivity contribution in [3.63, 3.8) is 0 Å². The van der Waals surface area contributed by atoms with Crippen LogP contribution in [0.4, 0.5) is 0 Å². The molecule has 0 spiro atoms. The molecule has 0 saturated carbocycles. The first-order valence-electron chi connectivity index (χ1n) is 31.3. The van der Waals surface area contributed by atoms with Crippen molar-refractivity contribution in [3.05, 3.63) is 59.9 Å². The van der Waals surface area contributed by atoms with Gasteiger partial charge in [0.25, 0.3) is 23.6 Å². The summed E-state index contributed by atoms with van der Waals surface area (Å²) < 4.78 is 33.1. The van der Waals surface area contributed by atoms with Crippen molar-refractivity contribution >= 4 is 111 Å². The van der Waals surface area contributed by atoms with E-state index >= 15 is 9.59 Å². The molecule has 3 aliphatic rings. The molecule has 0 bridgehead atoms. The molecule has 0 radical (unpaired) electrons. The predicted molar refractivity (Wildman–Crippen MR) is 350 cm³/mol. The fraction of sp³-hybridized carbons (Fsp3) is 0.484. The van der Waals surface area contributed by atoms with Gasteiger partial charge in [0.05, 0.1) is 68.7 Å². The number of esters is 3. The van der Waals surface area contributed by atoms with Crippen molar-refractivity contribution in [2.24, 2.45) is 10.2 Å². The van der Waals surface area contributed by atoms with Crippen LogP contribution in [-0.4, -0.2) is 297 Å². The number of pyridine rings is 2. The Kier molecular flexibility index (Phi) is 24.9. The molecule has 544 valence electrons. The van der Waals surface area contributed by atoms with Crippen molar-refractivity contribution < 1.29 is 111 Å². The summed E-state index contributed by atoms with van der Waals surface area (Å²) in [6.07, 6.45) is -1.03. The number of cyclic esters (lactones) is 2. The Morgan fingerprint density at radius 3 is 1.35 bits per heavy atom. The lowest BCUT2D eigenvalue weighted by Crippen LogP contribution is -2.62. The smallest absolute Gasteiger partial charge is 0.331 e. The van der Waals surface area contributed by atoms with Gasteiger partial charge in [0, 0.05) is 77.8 Å². The van der Waals surface area contributed by atoms with Crippen LogP contribution in [0.1, 0.15) is 75.4 Å². The van der Waals surface area contributed by atoms with E-state index in [0.29, 0.717) is 42.1 Å². The number of methoxy groups -OCH3 is 2. The summed E-state index contributed by atoms with van der Waals surface area (Å²) in [5, 5.41) is 64.6. The lowest BCUT2D eigenvalue weighted by atomic mass is 9.97. The number of amides is 10. The third-order valence-corrected chi connectivity index (χ3v) is 16.2. The lowest BCUT2D eigenvalue weighted by Gasteiger charge is -2.37. The number of aromatic hydroxyl groups is 2. The molecule has 3 aliphatic heterocycles. The number of hydrogen-bond donors (Lipinski definition) is 8. The second-order valence-corrected chi connectivity index (χ2v) is 24.7. The minimum Gasteiger partial charge on any atom is -0.505 e. The van der Waals surface area contributed by atoms with E-state index < -0.39 is 199 Å². The molecule has 8 atom stereocenters. The molecule has 10 amide bonds. The van der Waals surface area contributed by atoms with Crippen LogP contribution in [0.25, 0.3) is 21.8 Å². The zero-order valence-electron chi connectivity index (χ0n) is 57.3. The summed E-state index contributed by atoms with van der Waals surface area (Å²) in [7, 11) is 7.14. The van der Waals surface area contributed by atoms with E-state index in [9.17, 15) is 73.2 Å². The molecule has 1 fully saturated rings. The summed E-state index contributed by atoms with van der Waals surface area (Å²) in [4.78, 5) is 197. The number of fused-ring (bicyclic) bond motifs is 4. The Morgan fingerprint density at radius 1 is 0.594 bits per heavy atom. The summed E-state index contributed by atoms with van der Waals surface area (Å²) in [6.45, 7) is 0.924. The number of benzene rings is 2. The van der Waals surface area contributed by atoms with Crippen molar-refractivity contribution in [3.8, 4) is 23.0 Å². The topological polar surface area (TPSA) is 476 Å². The molecular formula is C64H80N14O23. The third-order valence-electron chi connectivity index (χ3n) is 16.2. The summed E-state index contributed by atoms with van der Waals surface area (Å²) in [5.74, 6) is -16.1. The minimum atomic E-state index is -2.22. The van der Waals surface area contributed by atoms with Crippen LogP contribution < -0.4 is 30.7 Å².